The van der Waals surface area contributed by atoms with Crippen molar-refractivity contribution in [1.29, 1.82) is 0 Å². The Morgan fingerprint density at radius 1 is 1.35 bits per heavy atom. The highest BCUT2D eigenvalue weighted by atomic mass is 32.1. The van der Waals surface area contributed by atoms with Gasteiger partial charge in [-0.15, -0.1) is 11.3 Å². The zero-order valence-electron chi connectivity index (χ0n) is 14.2. The third-order valence-electron chi connectivity index (χ3n) is 3.94. The molecule has 122 valence electrons. The molecule has 0 N–H and O–H groups in total. The molecule has 0 unspecified atom stereocenters. The van der Waals surface area contributed by atoms with E-state index in [0.29, 0.717) is 12.6 Å². The Morgan fingerprint density at radius 3 is 2.61 bits per heavy atom. The van der Waals surface area contributed by atoms with Crippen LogP contribution in [0.15, 0.2) is 24.4 Å². The van der Waals surface area contributed by atoms with Crippen molar-refractivity contribution < 1.29 is 4.79 Å². The average Bonchev–Trinajstić information content (AvgIpc) is 3.26. The molecule has 1 saturated carbocycles. The minimum Gasteiger partial charge on any atom is -0.329 e. The molecule has 0 saturated heterocycles. The van der Waals surface area contributed by atoms with Gasteiger partial charge in [-0.2, -0.15) is 0 Å². The zero-order chi connectivity index (χ0) is 16.6. The van der Waals surface area contributed by atoms with E-state index in [4.69, 9.17) is 0 Å². The van der Waals surface area contributed by atoms with Crippen LogP contribution in [0.3, 0.4) is 0 Å². The second kappa shape index (κ2) is 6.04. The second-order valence-electron chi connectivity index (χ2n) is 7.17. The number of amides is 1. The maximum atomic E-state index is 13.1. The summed E-state index contributed by atoms with van der Waals surface area (Å²) in [5, 5.41) is 1.02. The molecule has 0 atom stereocenters. The summed E-state index contributed by atoms with van der Waals surface area (Å²) in [4.78, 5) is 24.8. The van der Waals surface area contributed by atoms with Crippen LogP contribution >= 0.6 is 11.3 Å². The lowest BCUT2D eigenvalue weighted by molar-refractivity contribution is 0.0731. The van der Waals surface area contributed by atoms with Gasteiger partial charge in [-0.05, 0) is 31.9 Å². The van der Waals surface area contributed by atoms with E-state index in [1.807, 2.05) is 30.0 Å². The number of thiazole rings is 1. The third-order valence-corrected chi connectivity index (χ3v) is 5.51. The van der Waals surface area contributed by atoms with Crippen molar-refractivity contribution in [2.45, 2.75) is 58.5 Å². The highest BCUT2D eigenvalue weighted by Gasteiger charge is 2.35. The average molecular weight is 329 g/mol. The Bertz CT molecular complexity index is 699. The molecule has 0 radical (unpaired) electrons. The number of aromatic nitrogens is 2. The van der Waals surface area contributed by atoms with Gasteiger partial charge in [0.1, 0.15) is 4.88 Å². The number of hydrogen-bond acceptors (Lipinski definition) is 4. The highest BCUT2D eigenvalue weighted by Crippen LogP contribution is 2.34. The molecule has 1 fully saturated rings. The Morgan fingerprint density at radius 2 is 2.09 bits per heavy atom. The van der Waals surface area contributed by atoms with Crippen LogP contribution in [0, 0.1) is 6.92 Å². The molecule has 5 heteroatoms. The van der Waals surface area contributed by atoms with Crippen LogP contribution in [-0.2, 0) is 12.0 Å². The van der Waals surface area contributed by atoms with E-state index in [9.17, 15) is 4.79 Å². The quantitative estimate of drug-likeness (QED) is 0.853. The first-order valence-corrected chi connectivity index (χ1v) is 8.86. The van der Waals surface area contributed by atoms with Crippen molar-refractivity contribution in [2.24, 2.45) is 0 Å². The predicted octanol–water partition coefficient (Wildman–Crippen LogP) is 3.95. The number of nitrogens with zero attached hydrogens (tertiary/aromatic N) is 3. The molecular weight excluding hydrogens is 306 g/mol. The molecule has 0 bridgehead atoms. The van der Waals surface area contributed by atoms with Crippen LogP contribution in [0.4, 0.5) is 0 Å². The van der Waals surface area contributed by atoms with Gasteiger partial charge in [-0.25, -0.2) is 4.98 Å². The van der Waals surface area contributed by atoms with Gasteiger partial charge in [-0.1, -0.05) is 26.8 Å². The normalized spacial score (nSPS) is 14.8. The summed E-state index contributed by atoms with van der Waals surface area (Å²) < 4.78 is 0. The standard InChI is InChI=1S/C18H23N3OS/c1-12-15(23-17(20-12)18(2,3)4)16(22)21(14-8-9-14)11-13-7-5-6-10-19-13/h5-7,10,14H,8-9,11H2,1-4H3. The molecule has 4 nitrogen and oxygen atoms in total. The maximum absolute atomic E-state index is 13.1. The van der Waals surface area contributed by atoms with Crippen LogP contribution in [0.25, 0.3) is 0 Å². The number of pyridine rings is 1. The Kier molecular flexibility index (Phi) is 4.23. The third kappa shape index (κ3) is 3.61. The highest BCUT2D eigenvalue weighted by molar-refractivity contribution is 7.14. The van der Waals surface area contributed by atoms with E-state index in [1.54, 1.807) is 6.20 Å². The van der Waals surface area contributed by atoms with Crippen molar-refractivity contribution in [1.82, 2.24) is 14.9 Å². The van der Waals surface area contributed by atoms with Crippen molar-refractivity contribution in [2.75, 3.05) is 0 Å². The Balaban J connectivity index is 1.86. The van der Waals surface area contributed by atoms with Gasteiger partial charge >= 0.3 is 0 Å². The van der Waals surface area contributed by atoms with Crippen molar-refractivity contribution in [3.05, 3.63) is 45.7 Å². The summed E-state index contributed by atoms with van der Waals surface area (Å²) in [5.41, 5.74) is 1.75. The second-order valence-corrected chi connectivity index (χ2v) is 8.17. The molecule has 1 aliphatic carbocycles. The van der Waals surface area contributed by atoms with Crippen LogP contribution in [0.1, 0.15) is 59.7 Å². The summed E-state index contributed by atoms with van der Waals surface area (Å²) in [6.07, 6.45) is 3.95. The smallest absolute Gasteiger partial charge is 0.266 e. The summed E-state index contributed by atoms with van der Waals surface area (Å²) in [6.45, 7) is 8.90. The summed E-state index contributed by atoms with van der Waals surface area (Å²) in [5.74, 6) is 0.101. The molecule has 23 heavy (non-hydrogen) atoms. The molecule has 3 rings (SSSR count). The van der Waals surface area contributed by atoms with E-state index in [-0.39, 0.29) is 11.3 Å². The fourth-order valence-corrected chi connectivity index (χ4v) is 3.55. The number of hydrogen-bond donors (Lipinski definition) is 0. The summed E-state index contributed by atoms with van der Waals surface area (Å²) >= 11 is 1.54. The van der Waals surface area contributed by atoms with Crippen LogP contribution < -0.4 is 0 Å². The molecular formula is C18H23N3OS. The van der Waals surface area contributed by atoms with Gasteiger partial charge in [0.05, 0.1) is 22.9 Å². The Labute approximate surface area is 141 Å². The molecule has 2 aromatic rings. The van der Waals surface area contributed by atoms with Crippen LogP contribution in [-0.4, -0.2) is 26.8 Å². The molecule has 0 spiro atoms. The topological polar surface area (TPSA) is 46.1 Å². The fraction of sp³-hybridized carbons (Fsp3) is 0.500. The first kappa shape index (κ1) is 16.1. The SMILES string of the molecule is Cc1nc(C(C)(C)C)sc1C(=O)N(Cc1ccccn1)C1CC1. The van der Waals surface area contributed by atoms with Gasteiger partial charge in [0.15, 0.2) is 0 Å². The molecule has 2 aromatic heterocycles. The van der Waals surface area contributed by atoms with Gasteiger partial charge in [0.2, 0.25) is 0 Å². The van der Waals surface area contributed by atoms with E-state index < -0.39 is 0 Å². The molecule has 0 aliphatic heterocycles. The van der Waals surface area contributed by atoms with Crippen molar-refractivity contribution >= 4 is 17.2 Å². The number of rotatable bonds is 4. The van der Waals surface area contributed by atoms with Crippen molar-refractivity contribution in [3.63, 3.8) is 0 Å². The van der Waals surface area contributed by atoms with E-state index >= 15 is 0 Å². The summed E-state index contributed by atoms with van der Waals surface area (Å²) in [6, 6.07) is 6.19. The van der Waals surface area contributed by atoms with E-state index in [2.05, 4.69) is 30.7 Å². The van der Waals surface area contributed by atoms with E-state index in [1.165, 1.54) is 11.3 Å². The first-order chi connectivity index (χ1) is 10.9. The van der Waals surface area contributed by atoms with Gasteiger partial charge in [0, 0.05) is 17.7 Å². The van der Waals surface area contributed by atoms with Gasteiger partial charge < -0.3 is 4.90 Å². The molecule has 1 aliphatic rings. The first-order valence-electron chi connectivity index (χ1n) is 8.05. The lowest BCUT2D eigenvalue weighted by atomic mass is 9.98. The lowest BCUT2D eigenvalue weighted by Gasteiger charge is -2.21. The lowest BCUT2D eigenvalue weighted by Crippen LogP contribution is -2.32. The van der Waals surface area contributed by atoms with E-state index in [0.717, 1.165) is 34.1 Å². The van der Waals surface area contributed by atoms with Gasteiger partial charge in [0.25, 0.3) is 5.91 Å². The maximum Gasteiger partial charge on any atom is 0.266 e. The molecule has 1 amide bonds. The number of carbonyl (C=O) groups excluding carboxylic acids is 1. The minimum atomic E-state index is -0.0284. The number of aryl methyl sites for hydroxylation is 1. The minimum absolute atomic E-state index is 0.0284. The molecule has 2 heterocycles. The molecule has 0 aromatic carbocycles. The predicted molar refractivity (Wildman–Crippen MR) is 92.7 cm³/mol. The Hall–Kier alpha value is -1.75. The fourth-order valence-electron chi connectivity index (χ4n) is 2.47. The van der Waals surface area contributed by atoms with Crippen LogP contribution in [0.2, 0.25) is 0 Å². The van der Waals surface area contributed by atoms with Crippen LogP contribution in [0.5, 0.6) is 0 Å². The number of carbonyl (C=O) groups is 1. The largest absolute Gasteiger partial charge is 0.329 e. The summed E-state index contributed by atoms with van der Waals surface area (Å²) in [7, 11) is 0. The zero-order valence-corrected chi connectivity index (χ0v) is 15.0. The van der Waals surface area contributed by atoms with Gasteiger partial charge in [-0.3, -0.25) is 9.78 Å². The van der Waals surface area contributed by atoms with Crippen molar-refractivity contribution in [3.8, 4) is 0 Å². The monoisotopic (exact) mass is 329 g/mol.